The minimum atomic E-state index is -0.405. The number of hydrogen-bond acceptors (Lipinski definition) is 3. The summed E-state index contributed by atoms with van der Waals surface area (Å²) in [5.74, 6) is 1.36. The zero-order chi connectivity index (χ0) is 20.4. The molecule has 3 amide bonds. The normalized spacial score (nSPS) is 12.4. The Hall–Kier alpha value is -4.17. The second-order valence-corrected chi connectivity index (χ2v) is 6.62. The first-order chi connectivity index (χ1) is 14.1. The second kappa shape index (κ2) is 7.45. The lowest BCUT2D eigenvalue weighted by molar-refractivity contribution is 0.0642. The maximum Gasteiger partial charge on any atom is 0.261 e. The largest absolute Gasteiger partial charge is 0.322 e. The SMILES string of the molecule is C#Cc1cccc(NC(=O)c2ccc3c(c2)C(=O)N(Cc2ccccc2)C3=O)c1. The van der Waals surface area contributed by atoms with Gasteiger partial charge in [0.25, 0.3) is 17.7 Å². The summed E-state index contributed by atoms with van der Waals surface area (Å²) in [5.41, 5.74) is 2.88. The number of imide groups is 1. The number of amides is 3. The molecule has 29 heavy (non-hydrogen) atoms. The van der Waals surface area contributed by atoms with Gasteiger partial charge in [0.15, 0.2) is 0 Å². The molecule has 0 atom stereocenters. The molecule has 3 aromatic carbocycles. The van der Waals surface area contributed by atoms with Gasteiger partial charge in [-0.1, -0.05) is 42.3 Å². The molecule has 5 heteroatoms. The van der Waals surface area contributed by atoms with Crippen molar-refractivity contribution in [1.82, 2.24) is 4.90 Å². The summed E-state index contributed by atoms with van der Waals surface area (Å²) in [4.78, 5) is 39.2. The van der Waals surface area contributed by atoms with Crippen LogP contribution >= 0.6 is 0 Å². The van der Waals surface area contributed by atoms with Crippen molar-refractivity contribution in [1.29, 1.82) is 0 Å². The third-order valence-corrected chi connectivity index (χ3v) is 4.70. The summed E-state index contributed by atoms with van der Waals surface area (Å²) in [6.07, 6.45) is 5.38. The molecule has 5 nitrogen and oxygen atoms in total. The fraction of sp³-hybridized carbons (Fsp3) is 0.0417. The number of anilines is 1. The molecule has 0 spiro atoms. The van der Waals surface area contributed by atoms with E-state index in [0.29, 0.717) is 16.8 Å². The molecule has 1 N–H and O–H groups in total. The topological polar surface area (TPSA) is 66.5 Å². The average molecular weight is 380 g/mol. The lowest BCUT2D eigenvalue weighted by Crippen LogP contribution is -2.29. The first-order valence-electron chi connectivity index (χ1n) is 8.99. The van der Waals surface area contributed by atoms with Crippen LogP contribution in [-0.2, 0) is 6.54 Å². The van der Waals surface area contributed by atoms with Gasteiger partial charge in [-0.15, -0.1) is 6.42 Å². The van der Waals surface area contributed by atoms with Crippen molar-refractivity contribution in [3.05, 3.63) is 101 Å². The number of carbonyl (C=O) groups excluding carboxylic acids is 3. The summed E-state index contributed by atoms with van der Waals surface area (Å²) in [5, 5.41) is 2.76. The maximum atomic E-state index is 12.8. The van der Waals surface area contributed by atoms with E-state index < -0.39 is 5.91 Å². The molecule has 0 unspecified atom stereocenters. The molecule has 0 aliphatic carbocycles. The molecule has 1 aliphatic heterocycles. The van der Waals surface area contributed by atoms with Crippen LogP contribution in [0.15, 0.2) is 72.8 Å². The standard InChI is InChI=1S/C24H16N2O3/c1-2-16-9-6-10-19(13-16)25-22(27)18-11-12-20-21(14-18)24(29)26(23(20)28)15-17-7-4-3-5-8-17/h1,3-14H,15H2,(H,25,27). The molecule has 1 aliphatic rings. The predicted molar refractivity (Wildman–Crippen MR) is 109 cm³/mol. The molecule has 0 bridgehead atoms. The van der Waals surface area contributed by atoms with E-state index in [0.717, 1.165) is 5.56 Å². The molecule has 3 aromatic rings. The number of benzene rings is 3. The first kappa shape index (κ1) is 18.2. The van der Waals surface area contributed by atoms with E-state index in [1.807, 2.05) is 30.3 Å². The Bertz CT molecular complexity index is 1180. The Morgan fingerprint density at radius 3 is 2.41 bits per heavy atom. The lowest BCUT2D eigenvalue weighted by Gasteiger charge is -2.13. The second-order valence-electron chi connectivity index (χ2n) is 6.62. The Balaban J connectivity index is 1.57. The van der Waals surface area contributed by atoms with Gasteiger partial charge in [-0.25, -0.2) is 0 Å². The number of nitrogens with one attached hydrogen (secondary N) is 1. The molecule has 1 heterocycles. The molecule has 0 saturated heterocycles. The molecule has 0 fully saturated rings. The van der Waals surface area contributed by atoms with Gasteiger partial charge in [0.05, 0.1) is 17.7 Å². The maximum absolute atomic E-state index is 12.8. The van der Waals surface area contributed by atoms with E-state index in [-0.39, 0.29) is 29.5 Å². The van der Waals surface area contributed by atoms with Crippen molar-refractivity contribution >= 4 is 23.4 Å². The van der Waals surface area contributed by atoms with Gasteiger partial charge in [0.1, 0.15) is 0 Å². The van der Waals surface area contributed by atoms with Crippen LogP contribution in [0.2, 0.25) is 0 Å². The van der Waals surface area contributed by atoms with E-state index in [1.165, 1.54) is 23.1 Å². The summed E-state index contributed by atoms with van der Waals surface area (Å²) in [7, 11) is 0. The van der Waals surface area contributed by atoms with Crippen molar-refractivity contribution in [2.75, 3.05) is 5.32 Å². The van der Waals surface area contributed by atoms with Crippen LogP contribution in [-0.4, -0.2) is 22.6 Å². The third-order valence-electron chi connectivity index (χ3n) is 4.70. The van der Waals surface area contributed by atoms with E-state index >= 15 is 0 Å². The summed E-state index contributed by atoms with van der Waals surface area (Å²) < 4.78 is 0. The fourth-order valence-electron chi connectivity index (χ4n) is 3.23. The molecular weight excluding hydrogens is 364 g/mol. The summed E-state index contributed by atoms with van der Waals surface area (Å²) in [6, 6.07) is 20.7. The number of terminal acetylenes is 1. The van der Waals surface area contributed by atoms with Crippen LogP contribution in [0.3, 0.4) is 0 Å². The average Bonchev–Trinajstić information content (AvgIpc) is 2.99. The molecule has 0 aromatic heterocycles. The highest BCUT2D eigenvalue weighted by molar-refractivity contribution is 6.22. The monoisotopic (exact) mass is 380 g/mol. The van der Waals surface area contributed by atoms with E-state index in [1.54, 1.807) is 24.3 Å². The first-order valence-corrected chi connectivity index (χ1v) is 8.99. The predicted octanol–water partition coefficient (Wildman–Crippen LogP) is 3.72. The number of fused-ring (bicyclic) bond motifs is 1. The summed E-state index contributed by atoms with van der Waals surface area (Å²) >= 11 is 0. The van der Waals surface area contributed by atoms with Crippen molar-refractivity contribution < 1.29 is 14.4 Å². The van der Waals surface area contributed by atoms with Crippen LogP contribution < -0.4 is 5.32 Å². The molecule has 0 radical (unpaired) electrons. The van der Waals surface area contributed by atoms with E-state index in [9.17, 15) is 14.4 Å². The van der Waals surface area contributed by atoms with Gasteiger partial charge >= 0.3 is 0 Å². The van der Waals surface area contributed by atoms with Crippen LogP contribution in [0.5, 0.6) is 0 Å². The van der Waals surface area contributed by atoms with Gasteiger partial charge in [-0.3, -0.25) is 19.3 Å². The fourth-order valence-corrected chi connectivity index (χ4v) is 3.23. The van der Waals surface area contributed by atoms with Crippen LogP contribution in [0.1, 0.15) is 42.2 Å². The Morgan fingerprint density at radius 1 is 0.897 bits per heavy atom. The van der Waals surface area contributed by atoms with Gasteiger partial charge in [-0.05, 0) is 42.0 Å². The Morgan fingerprint density at radius 2 is 1.66 bits per heavy atom. The Kier molecular flexibility index (Phi) is 4.68. The lowest BCUT2D eigenvalue weighted by atomic mass is 10.1. The minimum absolute atomic E-state index is 0.188. The molecule has 140 valence electrons. The number of nitrogens with zero attached hydrogens (tertiary/aromatic N) is 1. The van der Waals surface area contributed by atoms with Gasteiger partial charge < -0.3 is 5.32 Å². The minimum Gasteiger partial charge on any atom is -0.322 e. The highest BCUT2D eigenvalue weighted by Gasteiger charge is 2.35. The molecule has 4 rings (SSSR count). The van der Waals surface area contributed by atoms with Crippen LogP contribution in [0, 0.1) is 12.3 Å². The number of carbonyl (C=O) groups is 3. The third kappa shape index (κ3) is 3.52. The highest BCUT2D eigenvalue weighted by atomic mass is 16.2. The molecule has 0 saturated carbocycles. The van der Waals surface area contributed by atoms with E-state index in [2.05, 4.69) is 11.2 Å². The van der Waals surface area contributed by atoms with Gasteiger partial charge in [0.2, 0.25) is 0 Å². The highest BCUT2D eigenvalue weighted by Crippen LogP contribution is 2.26. The van der Waals surface area contributed by atoms with Gasteiger partial charge in [0, 0.05) is 16.8 Å². The Labute approximate surface area is 168 Å². The van der Waals surface area contributed by atoms with Crippen molar-refractivity contribution in [3.8, 4) is 12.3 Å². The van der Waals surface area contributed by atoms with Crippen LogP contribution in [0.25, 0.3) is 0 Å². The molecular formula is C24H16N2O3. The quantitative estimate of drug-likeness (QED) is 0.554. The van der Waals surface area contributed by atoms with Crippen molar-refractivity contribution in [2.45, 2.75) is 6.54 Å². The number of rotatable bonds is 4. The van der Waals surface area contributed by atoms with Crippen molar-refractivity contribution in [3.63, 3.8) is 0 Å². The zero-order valence-electron chi connectivity index (χ0n) is 15.4. The zero-order valence-corrected chi connectivity index (χ0v) is 15.4. The smallest absolute Gasteiger partial charge is 0.261 e. The van der Waals surface area contributed by atoms with E-state index in [4.69, 9.17) is 6.42 Å². The summed E-state index contributed by atoms with van der Waals surface area (Å²) in [6.45, 7) is 0.188. The van der Waals surface area contributed by atoms with Crippen molar-refractivity contribution in [2.24, 2.45) is 0 Å². The van der Waals surface area contributed by atoms with Gasteiger partial charge in [-0.2, -0.15) is 0 Å². The van der Waals surface area contributed by atoms with Crippen LogP contribution in [0.4, 0.5) is 5.69 Å². The number of hydrogen-bond donors (Lipinski definition) is 1.